The molecule has 2 N–H and O–H groups in total. The van der Waals surface area contributed by atoms with Crippen molar-refractivity contribution in [1.29, 1.82) is 0 Å². The lowest BCUT2D eigenvalue weighted by Crippen LogP contribution is -2.42. The highest BCUT2D eigenvalue weighted by atomic mass is 16.5. The smallest absolute Gasteiger partial charge is 0.123 e. The zero-order valence-corrected chi connectivity index (χ0v) is 15.9. The maximum absolute atomic E-state index is 6.09. The van der Waals surface area contributed by atoms with E-state index in [9.17, 15) is 0 Å². The molecule has 4 rings (SSSR count). The van der Waals surface area contributed by atoms with Crippen LogP contribution in [0.4, 0.5) is 0 Å². The molecule has 0 spiro atoms. The summed E-state index contributed by atoms with van der Waals surface area (Å²) in [6.45, 7) is 3.94. The Morgan fingerprint density at radius 3 is 1.79 bits per heavy atom. The Bertz CT molecular complexity index is 801. The van der Waals surface area contributed by atoms with Gasteiger partial charge >= 0.3 is 0 Å². The summed E-state index contributed by atoms with van der Waals surface area (Å²) in [5.41, 5.74) is 3.48. The van der Waals surface area contributed by atoms with E-state index in [1.54, 1.807) is 0 Å². The van der Waals surface area contributed by atoms with Gasteiger partial charge in [0, 0.05) is 31.7 Å². The van der Waals surface area contributed by atoms with Crippen LogP contribution in [-0.2, 0) is 13.2 Å². The topological polar surface area (TPSA) is 42.5 Å². The maximum Gasteiger partial charge on any atom is 0.123 e. The van der Waals surface area contributed by atoms with Gasteiger partial charge in [-0.1, -0.05) is 60.7 Å². The van der Waals surface area contributed by atoms with Crippen LogP contribution in [0.3, 0.4) is 0 Å². The number of nitrogens with one attached hydrogen (secondary N) is 2. The Hall–Kier alpha value is -2.82. The fraction of sp³-hybridized carbons (Fsp3) is 0.250. The number of hydrogen-bond acceptors (Lipinski definition) is 4. The Kier molecular flexibility index (Phi) is 6.22. The van der Waals surface area contributed by atoms with Crippen molar-refractivity contribution in [2.75, 3.05) is 19.6 Å². The van der Waals surface area contributed by atoms with Gasteiger partial charge in [0.1, 0.15) is 24.7 Å². The number of benzene rings is 3. The zero-order chi connectivity index (χ0) is 19.0. The Balaban J connectivity index is 1.51. The van der Waals surface area contributed by atoms with E-state index in [0.717, 1.165) is 42.3 Å². The molecular formula is C24H26N2O2. The standard InChI is InChI=1S/C24H26N2O2/c1-3-7-19(8-4-1)17-27-22-13-21(24-16-25-11-12-26-24)14-23(15-22)28-18-20-9-5-2-6-10-20/h1-10,13-15,24-26H,11-12,16-18H2/t24-/m0/s1. The maximum atomic E-state index is 6.09. The number of piperazine rings is 1. The third-order valence-corrected chi connectivity index (χ3v) is 4.84. The summed E-state index contributed by atoms with van der Waals surface area (Å²) in [4.78, 5) is 0. The van der Waals surface area contributed by atoms with E-state index in [4.69, 9.17) is 9.47 Å². The van der Waals surface area contributed by atoms with Crippen molar-refractivity contribution < 1.29 is 9.47 Å². The molecule has 0 aliphatic carbocycles. The lowest BCUT2D eigenvalue weighted by Gasteiger charge is -2.25. The minimum absolute atomic E-state index is 0.258. The Morgan fingerprint density at radius 1 is 0.714 bits per heavy atom. The van der Waals surface area contributed by atoms with Crippen molar-refractivity contribution in [1.82, 2.24) is 10.6 Å². The van der Waals surface area contributed by atoms with Gasteiger partial charge in [-0.2, -0.15) is 0 Å². The molecular weight excluding hydrogens is 348 g/mol. The van der Waals surface area contributed by atoms with E-state index in [1.165, 1.54) is 5.56 Å². The average molecular weight is 374 g/mol. The van der Waals surface area contributed by atoms with E-state index < -0.39 is 0 Å². The molecule has 0 aromatic heterocycles. The van der Waals surface area contributed by atoms with Crippen molar-refractivity contribution in [3.63, 3.8) is 0 Å². The van der Waals surface area contributed by atoms with Gasteiger partial charge in [0.05, 0.1) is 0 Å². The van der Waals surface area contributed by atoms with E-state index in [0.29, 0.717) is 13.2 Å². The summed E-state index contributed by atoms with van der Waals surface area (Å²) in [7, 11) is 0. The molecule has 3 aromatic carbocycles. The van der Waals surface area contributed by atoms with Crippen LogP contribution in [0.1, 0.15) is 22.7 Å². The molecule has 4 nitrogen and oxygen atoms in total. The molecule has 0 bridgehead atoms. The molecule has 1 fully saturated rings. The molecule has 4 heteroatoms. The van der Waals surface area contributed by atoms with Gasteiger partial charge in [0.2, 0.25) is 0 Å². The lowest BCUT2D eigenvalue weighted by molar-refractivity contribution is 0.288. The van der Waals surface area contributed by atoms with Crippen LogP contribution in [0.15, 0.2) is 78.9 Å². The first-order chi connectivity index (χ1) is 13.9. The molecule has 0 amide bonds. The van der Waals surface area contributed by atoms with Gasteiger partial charge in [-0.3, -0.25) is 0 Å². The van der Waals surface area contributed by atoms with Crippen LogP contribution in [0.25, 0.3) is 0 Å². The van der Waals surface area contributed by atoms with E-state index >= 15 is 0 Å². The molecule has 1 aliphatic rings. The first-order valence-electron chi connectivity index (χ1n) is 9.79. The summed E-state index contributed by atoms with van der Waals surface area (Å²) in [6, 6.07) is 26.9. The summed E-state index contributed by atoms with van der Waals surface area (Å²) < 4.78 is 12.2. The molecule has 3 aromatic rings. The van der Waals surface area contributed by atoms with Crippen LogP contribution in [0, 0.1) is 0 Å². The van der Waals surface area contributed by atoms with Crippen molar-refractivity contribution in [3.05, 3.63) is 95.6 Å². The van der Waals surface area contributed by atoms with Crippen molar-refractivity contribution >= 4 is 0 Å². The molecule has 0 unspecified atom stereocenters. The minimum Gasteiger partial charge on any atom is -0.489 e. The molecule has 1 saturated heterocycles. The zero-order valence-electron chi connectivity index (χ0n) is 15.9. The predicted octanol–water partition coefficient (Wildman–Crippen LogP) is 4.08. The van der Waals surface area contributed by atoms with Crippen LogP contribution in [-0.4, -0.2) is 19.6 Å². The molecule has 144 valence electrons. The first-order valence-corrected chi connectivity index (χ1v) is 9.79. The van der Waals surface area contributed by atoms with E-state index in [-0.39, 0.29) is 6.04 Å². The molecule has 28 heavy (non-hydrogen) atoms. The van der Waals surface area contributed by atoms with Crippen LogP contribution < -0.4 is 20.1 Å². The fourth-order valence-corrected chi connectivity index (χ4v) is 3.33. The van der Waals surface area contributed by atoms with Gasteiger partial charge in [-0.15, -0.1) is 0 Å². The second-order valence-corrected chi connectivity index (χ2v) is 7.00. The van der Waals surface area contributed by atoms with Gasteiger partial charge in [-0.25, -0.2) is 0 Å². The molecule has 1 atom stereocenters. The Morgan fingerprint density at radius 2 is 1.29 bits per heavy atom. The van der Waals surface area contributed by atoms with Crippen molar-refractivity contribution in [3.8, 4) is 11.5 Å². The highest BCUT2D eigenvalue weighted by molar-refractivity contribution is 5.40. The highest BCUT2D eigenvalue weighted by Gasteiger charge is 2.16. The molecule has 1 aliphatic heterocycles. The van der Waals surface area contributed by atoms with E-state index in [1.807, 2.05) is 42.5 Å². The minimum atomic E-state index is 0.258. The van der Waals surface area contributed by atoms with Crippen LogP contribution in [0.5, 0.6) is 11.5 Å². The summed E-state index contributed by atoms with van der Waals surface area (Å²) in [5, 5.41) is 7.01. The second-order valence-electron chi connectivity index (χ2n) is 7.00. The summed E-state index contributed by atoms with van der Waals surface area (Å²) >= 11 is 0. The average Bonchev–Trinajstić information content (AvgIpc) is 2.78. The van der Waals surface area contributed by atoms with Crippen molar-refractivity contribution in [2.24, 2.45) is 0 Å². The van der Waals surface area contributed by atoms with Gasteiger partial charge in [0.15, 0.2) is 0 Å². The van der Waals surface area contributed by atoms with Gasteiger partial charge in [-0.05, 0) is 28.8 Å². The Labute approximate surface area is 166 Å². The highest BCUT2D eigenvalue weighted by Crippen LogP contribution is 2.28. The first kappa shape index (κ1) is 18.5. The number of hydrogen-bond donors (Lipinski definition) is 2. The fourth-order valence-electron chi connectivity index (χ4n) is 3.33. The van der Waals surface area contributed by atoms with Gasteiger partial charge < -0.3 is 20.1 Å². The normalized spacial score (nSPS) is 16.5. The third-order valence-electron chi connectivity index (χ3n) is 4.84. The molecule has 0 radical (unpaired) electrons. The largest absolute Gasteiger partial charge is 0.489 e. The third kappa shape index (κ3) is 5.12. The monoisotopic (exact) mass is 374 g/mol. The van der Waals surface area contributed by atoms with Crippen molar-refractivity contribution in [2.45, 2.75) is 19.3 Å². The molecule has 0 saturated carbocycles. The SMILES string of the molecule is c1ccc(COc2cc(OCc3ccccc3)cc([C@@H]3CNCCN3)c2)cc1. The summed E-state index contributed by atoms with van der Waals surface area (Å²) in [6.07, 6.45) is 0. The molecule has 1 heterocycles. The van der Waals surface area contributed by atoms with E-state index in [2.05, 4.69) is 47.0 Å². The van der Waals surface area contributed by atoms with Crippen LogP contribution >= 0.6 is 0 Å². The second kappa shape index (κ2) is 9.40. The number of ether oxygens (including phenoxy) is 2. The van der Waals surface area contributed by atoms with Gasteiger partial charge in [0.25, 0.3) is 0 Å². The van der Waals surface area contributed by atoms with Crippen LogP contribution in [0.2, 0.25) is 0 Å². The predicted molar refractivity (Wildman–Crippen MR) is 112 cm³/mol. The quantitative estimate of drug-likeness (QED) is 0.654. The number of rotatable bonds is 7. The summed E-state index contributed by atoms with van der Waals surface area (Å²) in [5.74, 6) is 1.66. The lowest BCUT2D eigenvalue weighted by atomic mass is 10.0.